The Balaban J connectivity index is 1.83. The lowest BCUT2D eigenvalue weighted by Crippen LogP contribution is -2.35. The van der Waals surface area contributed by atoms with E-state index < -0.39 is 0 Å². The highest BCUT2D eigenvalue weighted by molar-refractivity contribution is 5.14. The fourth-order valence-electron chi connectivity index (χ4n) is 2.58. The minimum absolute atomic E-state index is 0.145. The van der Waals surface area contributed by atoms with Gasteiger partial charge in [-0.25, -0.2) is 0 Å². The first kappa shape index (κ1) is 13.3. The summed E-state index contributed by atoms with van der Waals surface area (Å²) in [5.74, 6) is 0. The molecule has 0 saturated carbocycles. The Morgan fingerprint density at radius 1 is 1.22 bits per heavy atom. The van der Waals surface area contributed by atoms with Gasteiger partial charge in [0, 0.05) is 0 Å². The molecule has 0 amide bonds. The molecule has 3 atom stereocenters. The van der Waals surface area contributed by atoms with Crippen molar-refractivity contribution in [2.75, 3.05) is 0 Å². The third-order valence-corrected chi connectivity index (χ3v) is 3.48. The highest BCUT2D eigenvalue weighted by atomic mass is 16.5. The van der Waals surface area contributed by atoms with E-state index in [4.69, 9.17) is 4.74 Å². The normalized spacial score (nSPS) is 27.9. The second-order valence-corrected chi connectivity index (χ2v) is 5.05. The van der Waals surface area contributed by atoms with E-state index in [1.165, 1.54) is 5.56 Å². The van der Waals surface area contributed by atoms with Crippen molar-refractivity contribution >= 4 is 0 Å². The van der Waals surface area contributed by atoms with Crippen LogP contribution in [0.2, 0.25) is 0 Å². The van der Waals surface area contributed by atoms with Crippen LogP contribution in [-0.2, 0) is 11.2 Å². The molecular weight excluding hydrogens is 224 g/mol. The molecule has 18 heavy (non-hydrogen) atoms. The fraction of sp³-hybridized carbons (Fsp3) is 0.500. The Bertz CT molecular complexity index is 361. The van der Waals surface area contributed by atoms with Crippen LogP contribution in [0.3, 0.4) is 0 Å². The number of aliphatic hydroxyl groups excluding tert-OH is 1. The zero-order valence-electron chi connectivity index (χ0n) is 10.8. The van der Waals surface area contributed by atoms with Crippen LogP contribution < -0.4 is 0 Å². The van der Waals surface area contributed by atoms with E-state index >= 15 is 0 Å². The van der Waals surface area contributed by atoms with Crippen LogP contribution in [0.15, 0.2) is 43.0 Å². The second kappa shape index (κ2) is 6.72. The number of aliphatic hydroxyl groups is 1. The highest BCUT2D eigenvalue weighted by Gasteiger charge is 2.27. The quantitative estimate of drug-likeness (QED) is 0.809. The van der Waals surface area contributed by atoms with Gasteiger partial charge in [0.05, 0.1) is 18.3 Å². The molecule has 1 aliphatic rings. The fourth-order valence-corrected chi connectivity index (χ4v) is 2.58. The van der Waals surface area contributed by atoms with Gasteiger partial charge in [-0.1, -0.05) is 36.4 Å². The maximum Gasteiger partial charge on any atom is 0.0637 e. The molecule has 1 heterocycles. The van der Waals surface area contributed by atoms with Crippen molar-refractivity contribution < 1.29 is 9.84 Å². The first-order valence-electron chi connectivity index (χ1n) is 6.76. The van der Waals surface area contributed by atoms with Gasteiger partial charge in [0.25, 0.3) is 0 Å². The Labute approximate surface area is 109 Å². The summed E-state index contributed by atoms with van der Waals surface area (Å²) in [7, 11) is 0. The molecule has 1 fully saturated rings. The molecule has 2 rings (SSSR count). The number of aryl methyl sites for hydroxylation is 1. The smallest absolute Gasteiger partial charge is 0.0637 e. The van der Waals surface area contributed by atoms with Gasteiger partial charge >= 0.3 is 0 Å². The Morgan fingerprint density at radius 2 is 1.94 bits per heavy atom. The van der Waals surface area contributed by atoms with Crippen LogP contribution in [0.25, 0.3) is 0 Å². The molecule has 2 nitrogen and oxygen atoms in total. The molecule has 0 bridgehead atoms. The molecule has 0 spiro atoms. The number of hydrogen-bond donors (Lipinski definition) is 1. The topological polar surface area (TPSA) is 29.5 Å². The molecule has 0 unspecified atom stereocenters. The average molecular weight is 246 g/mol. The monoisotopic (exact) mass is 246 g/mol. The van der Waals surface area contributed by atoms with Crippen molar-refractivity contribution in [1.82, 2.24) is 0 Å². The number of benzene rings is 1. The van der Waals surface area contributed by atoms with Gasteiger partial charge < -0.3 is 9.84 Å². The lowest BCUT2D eigenvalue weighted by molar-refractivity contribution is -0.0958. The van der Waals surface area contributed by atoms with E-state index in [0.29, 0.717) is 0 Å². The van der Waals surface area contributed by atoms with Crippen LogP contribution in [0, 0.1) is 0 Å². The second-order valence-electron chi connectivity index (χ2n) is 5.05. The third kappa shape index (κ3) is 3.97. The van der Waals surface area contributed by atoms with Crippen molar-refractivity contribution in [2.45, 2.75) is 50.4 Å². The maximum atomic E-state index is 9.86. The third-order valence-electron chi connectivity index (χ3n) is 3.48. The van der Waals surface area contributed by atoms with Gasteiger partial charge in [-0.3, -0.25) is 0 Å². The molecule has 0 aliphatic carbocycles. The van der Waals surface area contributed by atoms with Crippen LogP contribution in [-0.4, -0.2) is 23.4 Å². The Morgan fingerprint density at radius 3 is 2.67 bits per heavy atom. The van der Waals surface area contributed by atoms with Crippen LogP contribution in [0.4, 0.5) is 0 Å². The summed E-state index contributed by atoms with van der Waals surface area (Å²) in [6, 6.07) is 10.4. The zero-order chi connectivity index (χ0) is 12.8. The van der Waals surface area contributed by atoms with Crippen molar-refractivity contribution in [1.29, 1.82) is 0 Å². The Hall–Kier alpha value is -1.12. The first-order chi connectivity index (χ1) is 8.78. The maximum absolute atomic E-state index is 9.86. The largest absolute Gasteiger partial charge is 0.393 e. The summed E-state index contributed by atoms with van der Waals surface area (Å²) in [5, 5.41) is 9.86. The number of hydrogen-bond acceptors (Lipinski definition) is 2. The predicted molar refractivity (Wildman–Crippen MR) is 73.5 cm³/mol. The lowest BCUT2D eigenvalue weighted by Gasteiger charge is -2.33. The Kier molecular flexibility index (Phi) is 4.97. The predicted octanol–water partition coefficient (Wildman–Crippen LogP) is 3.10. The standard InChI is InChI=1S/C16H22O2/c1-2-6-15-11-14(17)12-16(18-15)10-9-13-7-4-3-5-8-13/h2-5,7-8,14-17H,1,6,9-12H2/t14-,15+,16-/m0/s1. The molecule has 1 aromatic carbocycles. The lowest BCUT2D eigenvalue weighted by atomic mass is 9.95. The minimum atomic E-state index is -0.218. The molecule has 1 aromatic rings. The molecule has 2 heteroatoms. The first-order valence-corrected chi connectivity index (χ1v) is 6.76. The van der Waals surface area contributed by atoms with Crippen molar-refractivity contribution in [2.24, 2.45) is 0 Å². The summed E-state index contributed by atoms with van der Waals surface area (Å²) in [5.41, 5.74) is 1.33. The van der Waals surface area contributed by atoms with Crippen molar-refractivity contribution in [3.8, 4) is 0 Å². The highest BCUT2D eigenvalue weighted by Crippen LogP contribution is 2.25. The van der Waals surface area contributed by atoms with Crippen LogP contribution in [0.1, 0.15) is 31.2 Å². The van der Waals surface area contributed by atoms with E-state index in [2.05, 4.69) is 30.8 Å². The van der Waals surface area contributed by atoms with Gasteiger partial charge in [0.1, 0.15) is 0 Å². The van der Waals surface area contributed by atoms with Gasteiger partial charge in [-0.2, -0.15) is 0 Å². The molecule has 1 N–H and O–H groups in total. The van der Waals surface area contributed by atoms with E-state index in [1.807, 2.05) is 12.1 Å². The van der Waals surface area contributed by atoms with Crippen molar-refractivity contribution in [3.63, 3.8) is 0 Å². The van der Waals surface area contributed by atoms with E-state index in [9.17, 15) is 5.11 Å². The molecule has 1 aliphatic heterocycles. The molecular formula is C16H22O2. The minimum Gasteiger partial charge on any atom is -0.393 e. The van der Waals surface area contributed by atoms with Gasteiger partial charge in [-0.15, -0.1) is 6.58 Å². The van der Waals surface area contributed by atoms with E-state index in [0.717, 1.165) is 32.1 Å². The van der Waals surface area contributed by atoms with Gasteiger partial charge in [-0.05, 0) is 37.7 Å². The summed E-state index contributed by atoms with van der Waals surface area (Å²) in [4.78, 5) is 0. The zero-order valence-corrected chi connectivity index (χ0v) is 10.8. The van der Waals surface area contributed by atoms with Crippen molar-refractivity contribution in [3.05, 3.63) is 48.6 Å². The summed E-state index contributed by atoms with van der Waals surface area (Å²) < 4.78 is 5.99. The SMILES string of the molecule is C=CC[C@@H]1C[C@H](O)C[C@H](CCc2ccccc2)O1. The average Bonchev–Trinajstić information content (AvgIpc) is 2.37. The van der Waals surface area contributed by atoms with Crippen LogP contribution in [0.5, 0.6) is 0 Å². The van der Waals surface area contributed by atoms with E-state index in [-0.39, 0.29) is 18.3 Å². The van der Waals surface area contributed by atoms with Gasteiger partial charge in [0.2, 0.25) is 0 Å². The van der Waals surface area contributed by atoms with Gasteiger partial charge in [0.15, 0.2) is 0 Å². The number of rotatable bonds is 5. The molecule has 98 valence electrons. The number of ether oxygens (including phenoxy) is 1. The summed E-state index contributed by atoms with van der Waals surface area (Å²) >= 11 is 0. The summed E-state index contributed by atoms with van der Waals surface area (Å²) in [6.07, 6.45) is 6.31. The summed E-state index contributed by atoms with van der Waals surface area (Å²) in [6.45, 7) is 3.74. The molecule has 1 saturated heterocycles. The van der Waals surface area contributed by atoms with E-state index in [1.54, 1.807) is 0 Å². The molecule has 0 aromatic heterocycles. The molecule has 0 radical (unpaired) electrons. The van der Waals surface area contributed by atoms with Crippen LogP contribution >= 0.6 is 0 Å².